The molecule has 5 nitrogen and oxygen atoms in total. The van der Waals surface area contributed by atoms with Gasteiger partial charge in [-0.25, -0.2) is 14.8 Å². The number of aromatic nitrogens is 2. The second-order valence-corrected chi connectivity index (χ2v) is 3.94. The molecule has 5 heteroatoms. The Kier molecular flexibility index (Phi) is 4.44. The van der Waals surface area contributed by atoms with E-state index in [9.17, 15) is 4.79 Å². The van der Waals surface area contributed by atoms with E-state index in [1.165, 1.54) is 25.1 Å². The number of methoxy groups -OCH3 is 1. The number of ether oxygens (including phenoxy) is 1. The average molecular weight is 257 g/mol. The molecule has 1 N–H and O–H groups in total. The van der Waals surface area contributed by atoms with E-state index in [1.807, 2.05) is 18.2 Å². The summed E-state index contributed by atoms with van der Waals surface area (Å²) in [6.45, 7) is 0.760. The fourth-order valence-corrected chi connectivity index (χ4v) is 1.61. The van der Waals surface area contributed by atoms with E-state index < -0.39 is 5.97 Å². The van der Waals surface area contributed by atoms with Crippen molar-refractivity contribution in [3.63, 3.8) is 0 Å². The third-order valence-electron chi connectivity index (χ3n) is 2.61. The van der Waals surface area contributed by atoms with Crippen molar-refractivity contribution < 1.29 is 9.53 Å². The van der Waals surface area contributed by atoms with Crippen molar-refractivity contribution in [1.29, 1.82) is 0 Å². The van der Waals surface area contributed by atoms with Crippen molar-refractivity contribution in [2.75, 3.05) is 19.0 Å². The molecule has 0 bridgehead atoms. The minimum Gasteiger partial charge on any atom is -0.464 e. The standard InChI is InChI=1S/C14H15N3O2/c1-19-14(18)12-9-17-13(10-16-12)15-8-7-11-5-3-2-4-6-11/h2-6,9-10H,7-8H2,1H3,(H,15,17). The van der Waals surface area contributed by atoms with Crippen LogP contribution in [0.4, 0.5) is 5.82 Å². The van der Waals surface area contributed by atoms with Gasteiger partial charge in [-0.15, -0.1) is 0 Å². The van der Waals surface area contributed by atoms with Crippen LogP contribution < -0.4 is 5.32 Å². The fourth-order valence-electron chi connectivity index (χ4n) is 1.61. The predicted molar refractivity (Wildman–Crippen MR) is 72.0 cm³/mol. The van der Waals surface area contributed by atoms with Gasteiger partial charge in [0.05, 0.1) is 19.5 Å². The van der Waals surface area contributed by atoms with Gasteiger partial charge in [0, 0.05) is 6.54 Å². The maximum absolute atomic E-state index is 11.2. The van der Waals surface area contributed by atoms with Gasteiger partial charge in [-0.3, -0.25) is 0 Å². The van der Waals surface area contributed by atoms with Gasteiger partial charge in [0.1, 0.15) is 5.82 Å². The van der Waals surface area contributed by atoms with Crippen LogP contribution in [0.25, 0.3) is 0 Å². The van der Waals surface area contributed by atoms with Gasteiger partial charge in [-0.05, 0) is 12.0 Å². The molecule has 0 fully saturated rings. The predicted octanol–water partition coefficient (Wildman–Crippen LogP) is 1.92. The van der Waals surface area contributed by atoms with Crippen LogP contribution in [0.1, 0.15) is 16.1 Å². The largest absolute Gasteiger partial charge is 0.464 e. The van der Waals surface area contributed by atoms with E-state index >= 15 is 0 Å². The van der Waals surface area contributed by atoms with Gasteiger partial charge in [-0.2, -0.15) is 0 Å². The van der Waals surface area contributed by atoms with Gasteiger partial charge in [0.15, 0.2) is 5.69 Å². The topological polar surface area (TPSA) is 64.1 Å². The number of nitrogens with one attached hydrogen (secondary N) is 1. The normalized spacial score (nSPS) is 9.95. The Morgan fingerprint density at radius 1 is 1.21 bits per heavy atom. The molecule has 0 aliphatic carbocycles. The highest BCUT2D eigenvalue weighted by molar-refractivity contribution is 5.86. The highest BCUT2D eigenvalue weighted by Gasteiger charge is 2.06. The number of nitrogens with zero attached hydrogens (tertiary/aromatic N) is 2. The van der Waals surface area contributed by atoms with Gasteiger partial charge in [0.25, 0.3) is 0 Å². The first kappa shape index (κ1) is 13.0. The van der Waals surface area contributed by atoms with Gasteiger partial charge < -0.3 is 10.1 Å². The zero-order valence-electron chi connectivity index (χ0n) is 10.7. The SMILES string of the molecule is COC(=O)c1cnc(NCCc2ccccc2)cn1. The van der Waals surface area contributed by atoms with Crippen LogP contribution in [0.3, 0.4) is 0 Å². The summed E-state index contributed by atoms with van der Waals surface area (Å²) >= 11 is 0. The molecule has 0 aliphatic rings. The lowest BCUT2D eigenvalue weighted by atomic mass is 10.1. The van der Waals surface area contributed by atoms with Crippen molar-refractivity contribution in [2.45, 2.75) is 6.42 Å². The van der Waals surface area contributed by atoms with Crippen LogP contribution in [0.5, 0.6) is 0 Å². The molecule has 19 heavy (non-hydrogen) atoms. The smallest absolute Gasteiger partial charge is 0.358 e. The van der Waals surface area contributed by atoms with E-state index in [4.69, 9.17) is 0 Å². The molecule has 2 aromatic rings. The molecule has 1 aromatic heterocycles. The third kappa shape index (κ3) is 3.77. The molecule has 2 rings (SSSR count). The summed E-state index contributed by atoms with van der Waals surface area (Å²) in [6, 6.07) is 10.2. The Hall–Kier alpha value is -2.43. The molecule has 1 aromatic carbocycles. The number of benzene rings is 1. The molecule has 0 radical (unpaired) electrons. The molecule has 0 spiro atoms. The molecular formula is C14H15N3O2. The summed E-state index contributed by atoms with van der Waals surface area (Å²) < 4.78 is 4.55. The Morgan fingerprint density at radius 2 is 2.00 bits per heavy atom. The number of hydrogen-bond donors (Lipinski definition) is 1. The monoisotopic (exact) mass is 257 g/mol. The van der Waals surface area contributed by atoms with E-state index in [-0.39, 0.29) is 5.69 Å². The van der Waals surface area contributed by atoms with Crippen LogP contribution in [0.15, 0.2) is 42.7 Å². The van der Waals surface area contributed by atoms with Crippen molar-refractivity contribution >= 4 is 11.8 Å². The van der Waals surface area contributed by atoms with Crippen LogP contribution in [-0.4, -0.2) is 29.6 Å². The Balaban J connectivity index is 1.85. The number of esters is 1. The van der Waals surface area contributed by atoms with E-state index in [0.29, 0.717) is 5.82 Å². The highest BCUT2D eigenvalue weighted by Crippen LogP contribution is 2.04. The minimum atomic E-state index is -0.483. The van der Waals surface area contributed by atoms with Crippen molar-refractivity contribution in [3.8, 4) is 0 Å². The van der Waals surface area contributed by atoms with Crippen molar-refractivity contribution in [3.05, 3.63) is 54.0 Å². The molecule has 98 valence electrons. The lowest BCUT2D eigenvalue weighted by molar-refractivity contribution is 0.0593. The van der Waals surface area contributed by atoms with Gasteiger partial charge >= 0.3 is 5.97 Å². The molecule has 0 saturated carbocycles. The minimum absolute atomic E-state index is 0.205. The molecule has 0 aliphatic heterocycles. The lowest BCUT2D eigenvalue weighted by Gasteiger charge is -2.05. The first-order chi connectivity index (χ1) is 9.29. The molecule has 0 amide bonds. The van der Waals surface area contributed by atoms with Crippen molar-refractivity contribution in [2.24, 2.45) is 0 Å². The third-order valence-corrected chi connectivity index (χ3v) is 2.61. The molecule has 0 unspecified atom stereocenters. The van der Waals surface area contributed by atoms with E-state index in [1.54, 1.807) is 0 Å². The molecule has 0 saturated heterocycles. The summed E-state index contributed by atoms with van der Waals surface area (Å²) in [4.78, 5) is 19.3. The van der Waals surface area contributed by atoms with Gasteiger partial charge in [0.2, 0.25) is 0 Å². The maximum Gasteiger partial charge on any atom is 0.358 e. The number of anilines is 1. The first-order valence-corrected chi connectivity index (χ1v) is 5.98. The summed E-state index contributed by atoms with van der Waals surface area (Å²) in [5.74, 6) is 0.159. The summed E-state index contributed by atoms with van der Waals surface area (Å²) in [6.07, 6.45) is 3.83. The first-order valence-electron chi connectivity index (χ1n) is 5.98. The number of hydrogen-bond acceptors (Lipinski definition) is 5. The summed E-state index contributed by atoms with van der Waals surface area (Å²) in [5.41, 5.74) is 1.46. The quantitative estimate of drug-likeness (QED) is 0.829. The molecule has 1 heterocycles. The number of rotatable bonds is 5. The second kappa shape index (κ2) is 6.49. The summed E-state index contributed by atoms with van der Waals surface area (Å²) in [5, 5.41) is 3.15. The van der Waals surface area contributed by atoms with Gasteiger partial charge in [-0.1, -0.05) is 30.3 Å². The average Bonchev–Trinajstić information content (AvgIpc) is 2.48. The van der Waals surface area contributed by atoms with Crippen LogP contribution in [0.2, 0.25) is 0 Å². The summed E-state index contributed by atoms with van der Waals surface area (Å²) in [7, 11) is 1.32. The second-order valence-electron chi connectivity index (χ2n) is 3.94. The van der Waals surface area contributed by atoms with Crippen LogP contribution in [-0.2, 0) is 11.2 Å². The highest BCUT2D eigenvalue weighted by atomic mass is 16.5. The zero-order chi connectivity index (χ0) is 13.5. The number of carbonyl (C=O) groups is 1. The Morgan fingerprint density at radius 3 is 2.63 bits per heavy atom. The zero-order valence-corrected chi connectivity index (χ0v) is 10.7. The fraction of sp³-hybridized carbons (Fsp3) is 0.214. The lowest BCUT2D eigenvalue weighted by Crippen LogP contribution is -2.09. The number of carbonyl (C=O) groups excluding carboxylic acids is 1. The molecule has 0 atom stereocenters. The van der Waals surface area contributed by atoms with E-state index in [2.05, 4.69) is 32.2 Å². The Labute approximate surface area is 111 Å². The van der Waals surface area contributed by atoms with Crippen LogP contribution in [0, 0.1) is 0 Å². The Bertz CT molecular complexity index is 526. The van der Waals surface area contributed by atoms with E-state index in [0.717, 1.165) is 13.0 Å². The van der Waals surface area contributed by atoms with Crippen molar-refractivity contribution in [1.82, 2.24) is 9.97 Å². The van der Waals surface area contributed by atoms with Crippen LogP contribution >= 0.6 is 0 Å². The molecular weight excluding hydrogens is 242 g/mol. The maximum atomic E-state index is 11.2.